The molecule has 20 heavy (non-hydrogen) atoms. The lowest BCUT2D eigenvalue weighted by Crippen LogP contribution is -2.53. The zero-order valence-corrected chi connectivity index (χ0v) is 11.9. The number of anilines is 1. The molecule has 7 heteroatoms. The lowest BCUT2D eigenvalue weighted by molar-refractivity contribution is -0.384. The van der Waals surface area contributed by atoms with Crippen LogP contribution in [0.4, 0.5) is 15.8 Å². The number of carbonyl (C=O) groups excluding carboxylic acids is 1. The van der Waals surface area contributed by atoms with Crippen LogP contribution in [0, 0.1) is 21.3 Å². The average Bonchev–Trinajstić information content (AvgIpc) is 2.29. The highest BCUT2D eigenvalue weighted by atomic mass is 19.1. The lowest BCUT2D eigenvalue weighted by atomic mass is 9.74. The quantitative estimate of drug-likeness (QED) is 0.655. The first-order chi connectivity index (χ1) is 8.96. The number of benzene rings is 1. The van der Waals surface area contributed by atoms with Gasteiger partial charge in [0.1, 0.15) is 5.82 Å². The molecule has 0 aliphatic carbocycles. The van der Waals surface area contributed by atoms with Gasteiger partial charge in [0.05, 0.1) is 16.0 Å². The number of nitro benzene ring substituents is 1. The van der Waals surface area contributed by atoms with Crippen molar-refractivity contribution in [2.75, 3.05) is 5.32 Å². The van der Waals surface area contributed by atoms with Crippen LogP contribution in [0.5, 0.6) is 0 Å². The minimum Gasteiger partial charge on any atom is -0.325 e. The van der Waals surface area contributed by atoms with Crippen LogP contribution in [0.2, 0.25) is 0 Å². The molecule has 0 bridgehead atoms. The summed E-state index contributed by atoms with van der Waals surface area (Å²) in [6.45, 7) is 6.60. The zero-order chi connectivity index (χ0) is 15.7. The van der Waals surface area contributed by atoms with Crippen molar-refractivity contribution in [1.82, 2.24) is 0 Å². The number of nitrogens with zero attached hydrogens (tertiary/aromatic N) is 1. The molecule has 0 radical (unpaired) electrons. The summed E-state index contributed by atoms with van der Waals surface area (Å²) in [4.78, 5) is 22.2. The van der Waals surface area contributed by atoms with Crippen LogP contribution in [0.1, 0.15) is 27.7 Å². The molecule has 0 saturated carbocycles. The summed E-state index contributed by atoms with van der Waals surface area (Å²) in [5, 5.41) is 13.0. The summed E-state index contributed by atoms with van der Waals surface area (Å²) >= 11 is 0. The zero-order valence-electron chi connectivity index (χ0n) is 11.9. The molecule has 0 unspecified atom stereocenters. The van der Waals surface area contributed by atoms with Gasteiger partial charge in [-0.1, -0.05) is 0 Å². The molecule has 1 aromatic rings. The number of amides is 1. The third-order valence-electron chi connectivity index (χ3n) is 3.59. The van der Waals surface area contributed by atoms with E-state index in [1.54, 1.807) is 27.7 Å². The Bertz CT molecular complexity index is 550. The fourth-order valence-electron chi connectivity index (χ4n) is 1.29. The highest BCUT2D eigenvalue weighted by Crippen LogP contribution is 2.31. The van der Waals surface area contributed by atoms with Crippen LogP contribution in [-0.2, 0) is 4.79 Å². The van der Waals surface area contributed by atoms with E-state index in [9.17, 15) is 19.3 Å². The van der Waals surface area contributed by atoms with Crippen molar-refractivity contribution in [3.05, 3.63) is 34.1 Å². The van der Waals surface area contributed by atoms with Crippen LogP contribution in [-0.4, -0.2) is 16.4 Å². The molecule has 0 fully saturated rings. The van der Waals surface area contributed by atoms with Gasteiger partial charge >= 0.3 is 0 Å². The summed E-state index contributed by atoms with van der Waals surface area (Å²) < 4.78 is 13.6. The van der Waals surface area contributed by atoms with Gasteiger partial charge < -0.3 is 11.1 Å². The molecule has 1 aromatic carbocycles. The molecule has 1 amide bonds. The second-order valence-electron chi connectivity index (χ2n) is 5.72. The standard InChI is InChI=1S/C13H18FN3O3/c1-12(2,13(3,4)15)11(18)16-10-7-8(17(19)20)5-6-9(10)14/h5-7H,15H2,1-4H3,(H,16,18). The number of halogens is 1. The van der Waals surface area contributed by atoms with Gasteiger partial charge in [0, 0.05) is 17.7 Å². The van der Waals surface area contributed by atoms with Crippen molar-refractivity contribution in [1.29, 1.82) is 0 Å². The molecule has 0 aliphatic heterocycles. The first-order valence-corrected chi connectivity index (χ1v) is 6.01. The SMILES string of the molecule is CC(C)(N)C(C)(C)C(=O)Nc1cc([N+](=O)[O-])ccc1F. The number of nitrogens with two attached hydrogens (primary N) is 1. The van der Waals surface area contributed by atoms with Crippen molar-refractivity contribution >= 4 is 17.3 Å². The van der Waals surface area contributed by atoms with Crippen LogP contribution in [0.25, 0.3) is 0 Å². The fraction of sp³-hybridized carbons (Fsp3) is 0.462. The van der Waals surface area contributed by atoms with Crippen LogP contribution in [0.15, 0.2) is 18.2 Å². The topological polar surface area (TPSA) is 98.3 Å². The average molecular weight is 283 g/mol. The lowest BCUT2D eigenvalue weighted by Gasteiger charge is -2.36. The van der Waals surface area contributed by atoms with E-state index >= 15 is 0 Å². The smallest absolute Gasteiger partial charge is 0.271 e. The van der Waals surface area contributed by atoms with Crippen molar-refractivity contribution in [2.45, 2.75) is 33.2 Å². The van der Waals surface area contributed by atoms with E-state index in [0.29, 0.717) is 0 Å². The molecule has 0 spiro atoms. The highest BCUT2D eigenvalue weighted by Gasteiger charge is 2.40. The second kappa shape index (κ2) is 5.16. The number of rotatable bonds is 4. The van der Waals surface area contributed by atoms with Gasteiger partial charge in [-0.3, -0.25) is 14.9 Å². The molecular weight excluding hydrogens is 265 g/mol. The van der Waals surface area contributed by atoms with Crippen molar-refractivity contribution in [3.8, 4) is 0 Å². The Hall–Kier alpha value is -2.02. The minimum atomic E-state index is -0.982. The Morgan fingerprint density at radius 2 is 1.90 bits per heavy atom. The maximum atomic E-state index is 13.6. The minimum absolute atomic E-state index is 0.235. The first kappa shape index (κ1) is 16.0. The van der Waals surface area contributed by atoms with Crippen LogP contribution < -0.4 is 11.1 Å². The molecule has 0 saturated heterocycles. The number of nitro groups is 1. The first-order valence-electron chi connectivity index (χ1n) is 6.01. The van der Waals surface area contributed by atoms with E-state index in [1.807, 2.05) is 0 Å². The summed E-state index contributed by atoms with van der Waals surface area (Å²) in [5.74, 6) is -1.25. The largest absolute Gasteiger partial charge is 0.325 e. The number of hydrogen-bond acceptors (Lipinski definition) is 4. The number of nitrogens with one attached hydrogen (secondary N) is 1. The number of carbonyl (C=O) groups is 1. The Morgan fingerprint density at radius 3 is 2.35 bits per heavy atom. The molecule has 0 heterocycles. The summed E-state index contributed by atoms with van der Waals surface area (Å²) in [6.07, 6.45) is 0. The Kier molecular flexibility index (Phi) is 4.14. The van der Waals surface area contributed by atoms with Gasteiger partial charge in [-0.05, 0) is 33.8 Å². The third kappa shape index (κ3) is 3.11. The van der Waals surface area contributed by atoms with Crippen LogP contribution in [0.3, 0.4) is 0 Å². The predicted molar refractivity (Wildman–Crippen MR) is 73.7 cm³/mol. The van der Waals surface area contributed by atoms with Gasteiger partial charge in [0.25, 0.3) is 5.69 Å². The molecule has 1 rings (SSSR count). The van der Waals surface area contributed by atoms with E-state index in [1.165, 1.54) is 0 Å². The maximum Gasteiger partial charge on any atom is 0.271 e. The predicted octanol–water partition coefficient (Wildman–Crippen LogP) is 2.44. The van der Waals surface area contributed by atoms with Gasteiger partial charge in [-0.25, -0.2) is 4.39 Å². The van der Waals surface area contributed by atoms with Crippen molar-refractivity contribution in [2.24, 2.45) is 11.1 Å². The molecule has 110 valence electrons. The summed E-state index contributed by atoms with van der Waals surface area (Å²) in [5.41, 5.74) is 3.57. The summed E-state index contributed by atoms with van der Waals surface area (Å²) in [7, 11) is 0. The molecule has 6 nitrogen and oxygen atoms in total. The molecule has 0 atom stereocenters. The second-order valence-corrected chi connectivity index (χ2v) is 5.72. The third-order valence-corrected chi connectivity index (χ3v) is 3.59. The fourth-order valence-corrected chi connectivity index (χ4v) is 1.29. The van der Waals surface area contributed by atoms with Gasteiger partial charge in [-0.2, -0.15) is 0 Å². The van der Waals surface area contributed by atoms with E-state index in [-0.39, 0.29) is 11.4 Å². The van der Waals surface area contributed by atoms with Gasteiger partial charge in [0.2, 0.25) is 5.91 Å². The van der Waals surface area contributed by atoms with Gasteiger partial charge in [0.15, 0.2) is 0 Å². The Morgan fingerprint density at radius 1 is 1.35 bits per heavy atom. The van der Waals surface area contributed by atoms with E-state index < -0.39 is 27.6 Å². The maximum absolute atomic E-state index is 13.6. The monoisotopic (exact) mass is 283 g/mol. The molecule has 0 aliphatic rings. The normalized spacial score (nSPS) is 12.1. The number of hydrogen-bond donors (Lipinski definition) is 2. The van der Waals surface area contributed by atoms with E-state index in [0.717, 1.165) is 18.2 Å². The molecule has 3 N–H and O–H groups in total. The summed E-state index contributed by atoms with van der Waals surface area (Å²) in [6, 6.07) is 2.95. The molecular formula is C13H18FN3O3. The Labute approximate surface area is 116 Å². The Balaban J connectivity index is 3.08. The van der Waals surface area contributed by atoms with Crippen molar-refractivity contribution < 1.29 is 14.1 Å². The highest BCUT2D eigenvalue weighted by molar-refractivity contribution is 5.96. The number of non-ortho nitro benzene ring substituents is 1. The van der Waals surface area contributed by atoms with E-state index in [2.05, 4.69) is 5.32 Å². The van der Waals surface area contributed by atoms with Crippen LogP contribution >= 0.6 is 0 Å². The van der Waals surface area contributed by atoms with E-state index in [4.69, 9.17) is 5.73 Å². The van der Waals surface area contributed by atoms with Gasteiger partial charge in [-0.15, -0.1) is 0 Å². The van der Waals surface area contributed by atoms with Crippen molar-refractivity contribution in [3.63, 3.8) is 0 Å². The molecule has 0 aromatic heterocycles.